The van der Waals surface area contributed by atoms with Gasteiger partial charge in [0.2, 0.25) is 11.8 Å². The number of ether oxygens (including phenoxy) is 2. The van der Waals surface area contributed by atoms with Gasteiger partial charge in [-0.15, -0.1) is 10.2 Å². The predicted octanol–water partition coefficient (Wildman–Crippen LogP) is 3.47. The van der Waals surface area contributed by atoms with E-state index in [-0.39, 0.29) is 30.0 Å². The van der Waals surface area contributed by atoms with Gasteiger partial charge in [0, 0.05) is 12.2 Å². The number of nitrogens with zero attached hydrogens (tertiary/aromatic N) is 3. The molecule has 9 nitrogen and oxygen atoms in total. The van der Waals surface area contributed by atoms with Crippen LogP contribution in [0.5, 0.6) is 11.5 Å². The molecule has 2 N–H and O–H groups in total. The Morgan fingerprint density at radius 1 is 0.971 bits per heavy atom. The molecule has 10 heteroatoms. The number of methoxy groups -OCH3 is 2. The van der Waals surface area contributed by atoms with E-state index in [0.29, 0.717) is 23.2 Å². The van der Waals surface area contributed by atoms with Crippen LogP contribution in [-0.4, -0.2) is 46.6 Å². The zero-order chi connectivity index (χ0) is 24.5. The van der Waals surface area contributed by atoms with Crippen LogP contribution < -0.4 is 20.1 Å². The number of carbonyl (C=O) groups is 2. The number of amides is 2. The van der Waals surface area contributed by atoms with Gasteiger partial charge < -0.3 is 24.7 Å². The fourth-order valence-electron chi connectivity index (χ4n) is 3.31. The largest absolute Gasteiger partial charge is 0.497 e. The average Bonchev–Trinajstić information content (AvgIpc) is 3.27. The van der Waals surface area contributed by atoms with Gasteiger partial charge in [-0.05, 0) is 55.8 Å². The zero-order valence-electron chi connectivity index (χ0n) is 19.7. The molecule has 1 unspecified atom stereocenters. The number of carbonyl (C=O) groups excluding carboxylic acids is 2. The summed E-state index contributed by atoms with van der Waals surface area (Å²) in [7, 11) is 3.20. The van der Waals surface area contributed by atoms with Gasteiger partial charge in [-0.25, -0.2) is 0 Å². The molecular weight excluding hydrogens is 454 g/mol. The Morgan fingerprint density at radius 3 is 2.18 bits per heavy atom. The van der Waals surface area contributed by atoms with Crippen molar-refractivity contribution in [1.82, 2.24) is 20.1 Å². The number of rotatable bonds is 11. The van der Waals surface area contributed by atoms with Crippen LogP contribution in [-0.2, 0) is 22.6 Å². The van der Waals surface area contributed by atoms with Gasteiger partial charge in [0.05, 0.1) is 32.4 Å². The van der Waals surface area contributed by atoms with Crippen molar-refractivity contribution < 1.29 is 19.1 Å². The zero-order valence-corrected chi connectivity index (χ0v) is 20.5. The number of hydrogen-bond donors (Lipinski definition) is 2. The lowest BCUT2D eigenvalue weighted by atomic mass is 10.1. The monoisotopic (exact) mass is 483 g/mol. The van der Waals surface area contributed by atoms with Crippen molar-refractivity contribution in [3.8, 4) is 11.5 Å². The lowest BCUT2D eigenvalue weighted by Gasteiger charge is -2.15. The summed E-state index contributed by atoms with van der Waals surface area (Å²) < 4.78 is 12.2. The first kappa shape index (κ1) is 25.1. The van der Waals surface area contributed by atoms with E-state index >= 15 is 0 Å². The third-order valence-corrected chi connectivity index (χ3v) is 6.02. The maximum atomic E-state index is 12.5. The van der Waals surface area contributed by atoms with Crippen LogP contribution in [0.2, 0.25) is 0 Å². The van der Waals surface area contributed by atoms with Crippen LogP contribution >= 0.6 is 11.8 Å². The standard InChI is InChI=1S/C24H29N5O4S/c1-5-29-23(16(2)25-21(30)14-17-6-10-19(32-3)11-7-17)27-28-24(29)34-15-22(31)26-18-8-12-20(33-4)13-9-18/h6-13,16H,5,14-15H2,1-4H3,(H,25,30)(H,26,31). The Labute approximate surface area is 203 Å². The van der Waals surface area contributed by atoms with E-state index in [1.54, 1.807) is 38.5 Å². The lowest BCUT2D eigenvalue weighted by molar-refractivity contribution is -0.121. The molecule has 0 bridgehead atoms. The second-order valence-electron chi connectivity index (χ2n) is 7.46. The molecule has 34 heavy (non-hydrogen) atoms. The highest BCUT2D eigenvalue weighted by atomic mass is 32.2. The van der Waals surface area contributed by atoms with Crippen molar-refractivity contribution in [1.29, 1.82) is 0 Å². The van der Waals surface area contributed by atoms with E-state index in [0.717, 1.165) is 17.1 Å². The molecule has 2 amide bonds. The number of hydrogen-bond acceptors (Lipinski definition) is 7. The molecule has 0 aliphatic carbocycles. The summed E-state index contributed by atoms with van der Waals surface area (Å²) in [6.07, 6.45) is 0.252. The van der Waals surface area contributed by atoms with Crippen LogP contribution in [0.4, 0.5) is 5.69 Å². The molecule has 0 aliphatic heterocycles. The molecule has 1 atom stereocenters. The van der Waals surface area contributed by atoms with Crippen LogP contribution in [0.25, 0.3) is 0 Å². The van der Waals surface area contributed by atoms with E-state index in [9.17, 15) is 9.59 Å². The Bertz CT molecular complexity index is 1100. The fraction of sp³-hybridized carbons (Fsp3) is 0.333. The predicted molar refractivity (Wildman–Crippen MR) is 131 cm³/mol. The van der Waals surface area contributed by atoms with Crippen LogP contribution in [0.1, 0.15) is 31.3 Å². The minimum Gasteiger partial charge on any atom is -0.497 e. The first-order valence-electron chi connectivity index (χ1n) is 10.9. The van der Waals surface area contributed by atoms with Gasteiger partial charge in [-0.1, -0.05) is 23.9 Å². The van der Waals surface area contributed by atoms with E-state index in [1.165, 1.54) is 11.8 Å². The van der Waals surface area contributed by atoms with Gasteiger partial charge in [0.15, 0.2) is 11.0 Å². The third kappa shape index (κ3) is 6.74. The molecule has 3 aromatic rings. The molecular formula is C24H29N5O4S. The molecule has 1 aromatic heterocycles. The van der Waals surface area contributed by atoms with Crippen LogP contribution in [0.3, 0.4) is 0 Å². The molecule has 1 heterocycles. The Balaban J connectivity index is 1.55. The van der Waals surface area contributed by atoms with Crippen molar-refractivity contribution in [3.63, 3.8) is 0 Å². The molecule has 3 rings (SSSR count). The maximum Gasteiger partial charge on any atom is 0.234 e. The normalized spacial score (nSPS) is 11.5. The SMILES string of the molecule is CCn1c(SCC(=O)Nc2ccc(OC)cc2)nnc1C(C)NC(=O)Cc1ccc(OC)cc1. The Morgan fingerprint density at radius 2 is 1.59 bits per heavy atom. The van der Waals surface area contributed by atoms with Gasteiger partial charge >= 0.3 is 0 Å². The van der Waals surface area contributed by atoms with E-state index < -0.39 is 0 Å². The minimum atomic E-state index is -0.333. The summed E-state index contributed by atoms with van der Waals surface area (Å²) in [5.41, 5.74) is 1.58. The van der Waals surface area contributed by atoms with Gasteiger partial charge in [-0.2, -0.15) is 0 Å². The molecule has 0 saturated carbocycles. The van der Waals surface area contributed by atoms with Gasteiger partial charge in [-0.3, -0.25) is 9.59 Å². The molecule has 0 aliphatic rings. The first-order valence-corrected chi connectivity index (χ1v) is 11.8. The van der Waals surface area contributed by atoms with Gasteiger partial charge in [0.25, 0.3) is 0 Å². The maximum absolute atomic E-state index is 12.5. The summed E-state index contributed by atoms with van der Waals surface area (Å²) in [5.74, 6) is 2.03. The summed E-state index contributed by atoms with van der Waals surface area (Å²) >= 11 is 1.30. The number of nitrogens with one attached hydrogen (secondary N) is 2. The number of anilines is 1. The van der Waals surface area contributed by atoms with Crippen molar-refractivity contribution >= 4 is 29.3 Å². The molecule has 180 valence electrons. The third-order valence-electron chi connectivity index (χ3n) is 5.06. The van der Waals surface area contributed by atoms with E-state index in [2.05, 4.69) is 20.8 Å². The number of thioether (sulfide) groups is 1. The molecule has 2 aromatic carbocycles. The highest BCUT2D eigenvalue weighted by Crippen LogP contribution is 2.22. The van der Waals surface area contributed by atoms with E-state index in [1.807, 2.05) is 42.7 Å². The topological polar surface area (TPSA) is 107 Å². The van der Waals surface area contributed by atoms with Crippen molar-refractivity contribution in [2.45, 2.75) is 38.0 Å². The molecule has 0 spiro atoms. The van der Waals surface area contributed by atoms with Crippen molar-refractivity contribution in [2.75, 3.05) is 25.3 Å². The highest BCUT2D eigenvalue weighted by molar-refractivity contribution is 7.99. The lowest BCUT2D eigenvalue weighted by Crippen LogP contribution is -2.30. The quantitative estimate of drug-likeness (QED) is 0.402. The molecule has 0 saturated heterocycles. The van der Waals surface area contributed by atoms with E-state index in [4.69, 9.17) is 9.47 Å². The van der Waals surface area contributed by atoms with Crippen LogP contribution in [0, 0.1) is 0 Å². The average molecular weight is 484 g/mol. The minimum absolute atomic E-state index is 0.114. The van der Waals surface area contributed by atoms with Gasteiger partial charge in [0.1, 0.15) is 11.5 Å². The van der Waals surface area contributed by atoms with Crippen molar-refractivity contribution in [2.24, 2.45) is 0 Å². The van der Waals surface area contributed by atoms with Crippen molar-refractivity contribution in [3.05, 3.63) is 59.9 Å². The summed E-state index contributed by atoms with van der Waals surface area (Å²) in [6, 6.07) is 14.2. The summed E-state index contributed by atoms with van der Waals surface area (Å²) in [5, 5.41) is 14.9. The highest BCUT2D eigenvalue weighted by Gasteiger charge is 2.20. The number of aromatic nitrogens is 3. The molecule has 0 radical (unpaired) electrons. The second kappa shape index (κ2) is 12.1. The second-order valence-corrected chi connectivity index (χ2v) is 8.41. The summed E-state index contributed by atoms with van der Waals surface area (Å²) in [6.45, 7) is 4.45. The Hall–Kier alpha value is -3.53. The van der Waals surface area contributed by atoms with Crippen LogP contribution in [0.15, 0.2) is 53.7 Å². The number of benzene rings is 2. The fourth-order valence-corrected chi connectivity index (χ4v) is 4.12. The Kier molecular flexibility index (Phi) is 8.92. The first-order chi connectivity index (χ1) is 16.4. The molecule has 0 fully saturated rings. The smallest absolute Gasteiger partial charge is 0.234 e. The summed E-state index contributed by atoms with van der Waals surface area (Å²) in [4.78, 5) is 24.9.